The molecule has 6 nitrogen and oxygen atoms in total. The van der Waals surface area contributed by atoms with Crippen LogP contribution in [0.2, 0.25) is 0 Å². The van der Waals surface area contributed by atoms with Gasteiger partial charge < -0.3 is 19.5 Å². The van der Waals surface area contributed by atoms with Gasteiger partial charge in [0.05, 0.1) is 16.7 Å². The maximum atomic E-state index is 12.8. The quantitative estimate of drug-likeness (QED) is 0.408. The lowest BCUT2D eigenvalue weighted by Crippen LogP contribution is -2.74. The smallest absolute Gasteiger partial charge is 0.166 e. The standard InChI is InChI=1S/C31H38N2O4/c1-3-4-5-6-23(34)11-10-22-15-21-17-31(36)25-16-20-9-12-24(35)28-26(20)30(31,29(37-28)27(21)32(22)2)13-14-33(25)18-19-7-8-19/h9-12,15,19,25,29,35-36H,3-8,13-14,16-18H2,1-2H3/b11-10+/t25-,29?,30-,31+/m0/s1. The van der Waals surface area contributed by atoms with Crippen molar-refractivity contribution >= 4 is 11.9 Å². The normalized spacial score (nSPS) is 31.3. The number of phenolic OH excluding ortho intramolecular Hbond substituents is 1. The number of benzene rings is 1. The number of carbonyl (C=O) groups is 1. The Balaban J connectivity index is 1.32. The molecule has 0 radical (unpaired) electrons. The number of ketones is 1. The summed E-state index contributed by atoms with van der Waals surface area (Å²) in [5.74, 6) is 1.64. The second-order valence-electron chi connectivity index (χ2n) is 12.2. The van der Waals surface area contributed by atoms with Crippen LogP contribution in [0.15, 0.2) is 24.3 Å². The summed E-state index contributed by atoms with van der Waals surface area (Å²) in [6.07, 6.45) is 11.7. The van der Waals surface area contributed by atoms with E-state index < -0.39 is 11.0 Å². The Hall–Kier alpha value is -2.57. The Labute approximate surface area is 218 Å². The number of ether oxygens (including phenoxy) is 1. The monoisotopic (exact) mass is 502 g/mol. The van der Waals surface area contributed by atoms with Gasteiger partial charge in [0.25, 0.3) is 0 Å². The zero-order valence-corrected chi connectivity index (χ0v) is 22.0. The highest BCUT2D eigenvalue weighted by atomic mass is 16.5. The lowest BCUT2D eigenvalue weighted by atomic mass is 9.49. The van der Waals surface area contributed by atoms with Gasteiger partial charge in [-0.2, -0.15) is 0 Å². The molecule has 1 saturated heterocycles. The van der Waals surface area contributed by atoms with Crippen molar-refractivity contribution in [3.05, 3.63) is 52.4 Å². The third-order valence-corrected chi connectivity index (χ3v) is 10.1. The van der Waals surface area contributed by atoms with Gasteiger partial charge >= 0.3 is 0 Å². The predicted octanol–water partition coefficient (Wildman–Crippen LogP) is 4.59. The van der Waals surface area contributed by atoms with E-state index in [0.717, 1.165) is 73.6 Å². The number of allylic oxidation sites excluding steroid dienone is 1. The molecule has 37 heavy (non-hydrogen) atoms. The maximum absolute atomic E-state index is 12.8. The van der Waals surface area contributed by atoms with Crippen LogP contribution in [0.4, 0.5) is 0 Å². The van der Waals surface area contributed by atoms with E-state index in [1.807, 2.05) is 19.2 Å². The van der Waals surface area contributed by atoms with Crippen molar-refractivity contribution in [2.75, 3.05) is 13.1 Å². The highest BCUT2D eigenvalue weighted by molar-refractivity contribution is 5.93. The van der Waals surface area contributed by atoms with Gasteiger partial charge in [0, 0.05) is 43.7 Å². The number of piperidine rings is 1. The van der Waals surface area contributed by atoms with Crippen molar-refractivity contribution in [3.8, 4) is 11.5 Å². The van der Waals surface area contributed by atoms with Crippen molar-refractivity contribution in [1.29, 1.82) is 0 Å². The molecule has 6 heteroatoms. The summed E-state index contributed by atoms with van der Waals surface area (Å²) in [6.45, 7) is 4.15. The number of fused-ring (bicyclic) bond motifs is 2. The van der Waals surface area contributed by atoms with Gasteiger partial charge in [-0.25, -0.2) is 0 Å². The summed E-state index contributed by atoms with van der Waals surface area (Å²) >= 11 is 0. The lowest BCUT2D eigenvalue weighted by Gasteiger charge is -2.62. The zero-order chi connectivity index (χ0) is 25.5. The molecule has 196 valence electrons. The number of likely N-dealkylation sites (tertiary alicyclic amines) is 1. The van der Waals surface area contributed by atoms with Crippen LogP contribution >= 0.6 is 0 Å². The van der Waals surface area contributed by atoms with Gasteiger partial charge in [0.1, 0.15) is 0 Å². The van der Waals surface area contributed by atoms with Gasteiger partial charge in [-0.1, -0.05) is 25.8 Å². The van der Waals surface area contributed by atoms with Crippen molar-refractivity contribution in [1.82, 2.24) is 9.47 Å². The molecule has 1 unspecified atom stereocenters. The number of aliphatic hydroxyl groups is 1. The second kappa shape index (κ2) is 8.21. The first-order chi connectivity index (χ1) is 17.9. The van der Waals surface area contributed by atoms with Crippen LogP contribution in [0.5, 0.6) is 11.5 Å². The maximum Gasteiger partial charge on any atom is 0.166 e. The number of aromatic hydroxyl groups is 1. The Morgan fingerprint density at radius 1 is 1.24 bits per heavy atom. The molecule has 1 aromatic carbocycles. The van der Waals surface area contributed by atoms with E-state index in [4.69, 9.17) is 4.74 Å². The molecule has 2 aromatic rings. The first-order valence-corrected chi connectivity index (χ1v) is 14.2. The van der Waals surface area contributed by atoms with Crippen LogP contribution in [-0.4, -0.2) is 50.2 Å². The van der Waals surface area contributed by atoms with Crippen LogP contribution in [0.1, 0.15) is 86.1 Å². The Kier molecular flexibility index (Phi) is 5.22. The van der Waals surface area contributed by atoms with Gasteiger partial charge in [-0.3, -0.25) is 9.69 Å². The van der Waals surface area contributed by atoms with Gasteiger partial charge in [0.15, 0.2) is 23.4 Å². The van der Waals surface area contributed by atoms with E-state index in [2.05, 4.69) is 22.5 Å². The Bertz CT molecular complexity index is 1310. The minimum Gasteiger partial charge on any atom is -0.504 e. The van der Waals surface area contributed by atoms with Crippen molar-refractivity contribution < 1.29 is 19.7 Å². The van der Waals surface area contributed by atoms with E-state index in [1.165, 1.54) is 18.4 Å². The van der Waals surface area contributed by atoms with Crippen LogP contribution in [0.3, 0.4) is 0 Å². The van der Waals surface area contributed by atoms with Crippen LogP contribution < -0.4 is 4.74 Å². The van der Waals surface area contributed by atoms with E-state index >= 15 is 0 Å². The average Bonchev–Trinajstić information content (AvgIpc) is 3.54. The summed E-state index contributed by atoms with van der Waals surface area (Å²) in [6, 6.07) is 5.98. The SMILES string of the molecule is CCCCCC(=O)/C=C/c1cc2c(n1C)C1Oc3c(O)ccc4c3[C@@]13CCN(CC1CC1)[C@@H](C4)[C@]3(O)C2. The third-order valence-electron chi connectivity index (χ3n) is 10.1. The first-order valence-electron chi connectivity index (χ1n) is 14.2. The number of hydrogen-bond donors (Lipinski definition) is 2. The minimum atomic E-state index is -0.970. The topological polar surface area (TPSA) is 74.9 Å². The molecule has 0 amide bonds. The fraction of sp³-hybridized carbons (Fsp3) is 0.581. The van der Waals surface area contributed by atoms with Crippen LogP contribution in [0.25, 0.3) is 6.08 Å². The summed E-state index contributed by atoms with van der Waals surface area (Å²) in [5.41, 5.74) is 3.83. The highest BCUT2D eigenvalue weighted by Crippen LogP contribution is 2.68. The highest BCUT2D eigenvalue weighted by Gasteiger charge is 2.72. The molecular weight excluding hydrogens is 464 g/mol. The molecular formula is C31H38N2O4. The fourth-order valence-corrected chi connectivity index (χ4v) is 8.10. The van der Waals surface area contributed by atoms with Gasteiger partial charge in [-0.15, -0.1) is 0 Å². The van der Waals surface area contributed by atoms with Gasteiger partial charge in [0.2, 0.25) is 0 Å². The van der Waals surface area contributed by atoms with E-state index in [1.54, 1.807) is 12.1 Å². The van der Waals surface area contributed by atoms with E-state index in [9.17, 15) is 15.0 Å². The average molecular weight is 503 g/mol. The number of unbranched alkanes of at least 4 members (excludes halogenated alkanes) is 2. The Morgan fingerprint density at radius 3 is 2.86 bits per heavy atom. The molecule has 5 aliphatic rings. The van der Waals surface area contributed by atoms with Crippen molar-refractivity contribution in [3.63, 3.8) is 0 Å². The molecule has 2 N–H and O–H groups in total. The number of rotatable bonds is 8. The molecule has 7 rings (SSSR count). The summed E-state index contributed by atoms with van der Waals surface area (Å²) < 4.78 is 8.82. The molecule has 2 fully saturated rings. The number of hydrogen-bond acceptors (Lipinski definition) is 5. The Morgan fingerprint density at radius 2 is 2.08 bits per heavy atom. The molecule has 3 aliphatic carbocycles. The van der Waals surface area contributed by atoms with Crippen LogP contribution in [0, 0.1) is 5.92 Å². The summed E-state index contributed by atoms with van der Waals surface area (Å²) in [7, 11) is 2.04. The van der Waals surface area contributed by atoms with Gasteiger partial charge in [-0.05, 0) is 80.0 Å². The minimum absolute atomic E-state index is 0.0310. The molecule has 1 spiro atoms. The van der Waals surface area contributed by atoms with Crippen molar-refractivity contribution in [2.45, 2.75) is 87.9 Å². The molecule has 3 heterocycles. The predicted molar refractivity (Wildman–Crippen MR) is 142 cm³/mol. The summed E-state index contributed by atoms with van der Waals surface area (Å²) in [5, 5.41) is 23.7. The second-order valence-corrected chi connectivity index (χ2v) is 12.2. The van der Waals surface area contributed by atoms with E-state index in [-0.39, 0.29) is 23.7 Å². The zero-order valence-electron chi connectivity index (χ0n) is 22.0. The number of phenols is 1. The number of carbonyl (C=O) groups excluding carboxylic acids is 1. The number of nitrogens with zero attached hydrogens (tertiary/aromatic N) is 2. The molecule has 4 atom stereocenters. The molecule has 1 saturated carbocycles. The lowest BCUT2D eigenvalue weighted by molar-refractivity contribution is -0.173. The fourth-order valence-electron chi connectivity index (χ4n) is 8.10. The first kappa shape index (κ1) is 23.5. The largest absolute Gasteiger partial charge is 0.504 e. The van der Waals surface area contributed by atoms with Crippen molar-refractivity contribution in [2.24, 2.45) is 13.0 Å². The number of aromatic nitrogens is 1. The summed E-state index contributed by atoms with van der Waals surface area (Å²) in [4.78, 5) is 15.0. The molecule has 2 aliphatic heterocycles. The van der Waals surface area contributed by atoms with E-state index in [0.29, 0.717) is 18.6 Å². The molecule has 1 aromatic heterocycles. The third kappa shape index (κ3) is 3.21. The molecule has 2 bridgehead atoms. The van der Waals surface area contributed by atoms with Crippen LogP contribution in [-0.2, 0) is 30.1 Å².